The van der Waals surface area contributed by atoms with Crippen LogP contribution in [-0.2, 0) is 4.79 Å². The van der Waals surface area contributed by atoms with E-state index in [1.54, 1.807) is 35.2 Å². The van der Waals surface area contributed by atoms with Crippen molar-refractivity contribution in [2.45, 2.75) is 12.8 Å². The van der Waals surface area contributed by atoms with Crippen molar-refractivity contribution in [2.75, 3.05) is 31.0 Å². The Bertz CT molecular complexity index is 902. The first-order valence-corrected chi connectivity index (χ1v) is 9.03. The minimum atomic E-state index is -0.376. The summed E-state index contributed by atoms with van der Waals surface area (Å²) in [6.45, 7) is 0.589. The van der Waals surface area contributed by atoms with Gasteiger partial charge in [-0.2, -0.15) is 0 Å². The zero-order valence-corrected chi connectivity index (χ0v) is 16.4. The summed E-state index contributed by atoms with van der Waals surface area (Å²) in [5.41, 5.74) is 1.30. The molecule has 2 amide bonds. The van der Waals surface area contributed by atoms with E-state index in [2.05, 4.69) is 5.32 Å². The second-order valence-corrected chi connectivity index (χ2v) is 6.77. The van der Waals surface area contributed by atoms with Crippen molar-refractivity contribution in [1.29, 1.82) is 0 Å². The number of ether oxygens (including phenoxy) is 2. The number of carbonyl (C=O) groups is 2. The predicted octanol–water partition coefficient (Wildman–Crippen LogP) is 4.39. The maximum atomic E-state index is 12.7. The van der Waals surface area contributed by atoms with Crippen molar-refractivity contribution < 1.29 is 19.1 Å². The van der Waals surface area contributed by atoms with Gasteiger partial charge in [0.1, 0.15) is 11.5 Å². The largest absolute Gasteiger partial charge is 0.495 e. The summed E-state index contributed by atoms with van der Waals surface area (Å²) in [6.07, 6.45) is 1.25. The van der Waals surface area contributed by atoms with Crippen LogP contribution in [0.5, 0.6) is 11.5 Å². The highest BCUT2D eigenvalue weighted by Gasteiger charge is 2.24. The molecule has 0 saturated carbocycles. The molecule has 2 aromatic rings. The number of carbonyl (C=O) groups excluding carboxylic acids is 2. The molecule has 0 atom stereocenters. The first kappa shape index (κ1) is 19.3. The molecule has 1 fully saturated rings. The molecular weight excluding hydrogens is 391 g/mol. The van der Waals surface area contributed by atoms with Gasteiger partial charge in [0.15, 0.2) is 0 Å². The van der Waals surface area contributed by atoms with Gasteiger partial charge in [0.05, 0.1) is 35.6 Å². The van der Waals surface area contributed by atoms with Gasteiger partial charge in [-0.15, -0.1) is 0 Å². The van der Waals surface area contributed by atoms with E-state index in [4.69, 9.17) is 32.7 Å². The Morgan fingerprint density at radius 1 is 1.07 bits per heavy atom. The van der Waals surface area contributed by atoms with Gasteiger partial charge in [-0.1, -0.05) is 23.2 Å². The summed E-state index contributed by atoms with van der Waals surface area (Å²) in [7, 11) is 2.98. The Kier molecular flexibility index (Phi) is 5.77. The molecule has 0 spiro atoms. The van der Waals surface area contributed by atoms with Crippen LogP contribution in [0, 0.1) is 0 Å². The Hall–Kier alpha value is -2.44. The maximum Gasteiger partial charge on any atom is 0.255 e. The van der Waals surface area contributed by atoms with Crippen molar-refractivity contribution in [1.82, 2.24) is 0 Å². The van der Waals surface area contributed by atoms with Crippen LogP contribution in [0.1, 0.15) is 23.2 Å². The zero-order chi connectivity index (χ0) is 19.6. The molecule has 2 aromatic carbocycles. The molecule has 3 rings (SSSR count). The molecule has 1 saturated heterocycles. The van der Waals surface area contributed by atoms with Gasteiger partial charge < -0.3 is 19.7 Å². The first-order chi connectivity index (χ1) is 12.9. The standard InChI is InChI=1S/C19H18Cl2N2O4/c1-26-16-10-17(27-2)14(9-13(16)21)22-19(25)11-5-6-12(20)15(8-11)23-7-3-4-18(23)24/h5-6,8-10H,3-4,7H2,1-2H3,(H,22,25). The molecule has 0 radical (unpaired) electrons. The number of rotatable bonds is 5. The highest BCUT2D eigenvalue weighted by Crippen LogP contribution is 2.36. The fourth-order valence-corrected chi connectivity index (χ4v) is 3.38. The quantitative estimate of drug-likeness (QED) is 0.796. The van der Waals surface area contributed by atoms with Gasteiger partial charge in [-0.3, -0.25) is 9.59 Å². The lowest BCUT2D eigenvalue weighted by molar-refractivity contribution is -0.117. The molecule has 6 nitrogen and oxygen atoms in total. The lowest BCUT2D eigenvalue weighted by Crippen LogP contribution is -2.24. The first-order valence-electron chi connectivity index (χ1n) is 8.27. The second kappa shape index (κ2) is 8.06. The minimum Gasteiger partial charge on any atom is -0.495 e. The van der Waals surface area contributed by atoms with Crippen LogP contribution in [0.25, 0.3) is 0 Å². The minimum absolute atomic E-state index is 0.00179. The van der Waals surface area contributed by atoms with Crippen molar-refractivity contribution in [3.05, 3.63) is 45.9 Å². The molecule has 1 heterocycles. The number of halogens is 2. The van der Waals surface area contributed by atoms with Crippen molar-refractivity contribution >= 4 is 46.4 Å². The molecule has 0 bridgehead atoms. The third-order valence-electron chi connectivity index (χ3n) is 4.29. The van der Waals surface area contributed by atoms with Crippen molar-refractivity contribution in [2.24, 2.45) is 0 Å². The summed E-state index contributed by atoms with van der Waals surface area (Å²) in [5.74, 6) is 0.471. The van der Waals surface area contributed by atoms with Gasteiger partial charge in [-0.05, 0) is 30.7 Å². The van der Waals surface area contributed by atoms with Crippen LogP contribution < -0.4 is 19.7 Å². The second-order valence-electron chi connectivity index (χ2n) is 5.96. The van der Waals surface area contributed by atoms with E-state index in [0.29, 0.717) is 51.4 Å². The number of hydrogen-bond acceptors (Lipinski definition) is 4. The highest BCUT2D eigenvalue weighted by molar-refractivity contribution is 6.34. The molecule has 1 N–H and O–H groups in total. The lowest BCUT2D eigenvalue weighted by Gasteiger charge is -2.18. The van der Waals surface area contributed by atoms with Gasteiger partial charge in [-0.25, -0.2) is 0 Å². The third kappa shape index (κ3) is 3.96. The topological polar surface area (TPSA) is 67.9 Å². The summed E-state index contributed by atoms with van der Waals surface area (Å²) in [6, 6.07) is 7.96. The average Bonchev–Trinajstić information content (AvgIpc) is 3.08. The van der Waals surface area contributed by atoms with Gasteiger partial charge in [0.25, 0.3) is 5.91 Å². The number of nitrogens with one attached hydrogen (secondary N) is 1. The van der Waals surface area contributed by atoms with E-state index in [0.717, 1.165) is 6.42 Å². The van der Waals surface area contributed by atoms with E-state index in [9.17, 15) is 9.59 Å². The monoisotopic (exact) mass is 408 g/mol. The summed E-state index contributed by atoms with van der Waals surface area (Å²) >= 11 is 12.4. The number of amides is 2. The molecule has 27 heavy (non-hydrogen) atoms. The molecule has 1 aliphatic rings. The zero-order valence-electron chi connectivity index (χ0n) is 14.8. The molecule has 142 valence electrons. The highest BCUT2D eigenvalue weighted by atomic mass is 35.5. The SMILES string of the molecule is COc1cc(OC)c(NC(=O)c2ccc(Cl)c(N3CCCC3=O)c2)cc1Cl. The number of benzene rings is 2. The van der Waals surface area contributed by atoms with Crippen molar-refractivity contribution in [3.63, 3.8) is 0 Å². The van der Waals surface area contributed by atoms with Gasteiger partial charge in [0, 0.05) is 24.6 Å². The fraction of sp³-hybridized carbons (Fsp3) is 0.263. The number of methoxy groups -OCH3 is 2. The third-order valence-corrected chi connectivity index (χ3v) is 4.91. The van der Waals surface area contributed by atoms with E-state index < -0.39 is 0 Å². The number of anilines is 2. The summed E-state index contributed by atoms with van der Waals surface area (Å²) in [4.78, 5) is 26.3. The van der Waals surface area contributed by atoms with Crippen LogP contribution in [0.2, 0.25) is 10.0 Å². The molecule has 0 aromatic heterocycles. The lowest BCUT2D eigenvalue weighted by atomic mass is 10.1. The van der Waals surface area contributed by atoms with Crippen LogP contribution in [0.3, 0.4) is 0 Å². The summed E-state index contributed by atoms with van der Waals surface area (Å²) < 4.78 is 10.4. The normalized spacial score (nSPS) is 13.6. The smallest absolute Gasteiger partial charge is 0.255 e. The van der Waals surface area contributed by atoms with Gasteiger partial charge >= 0.3 is 0 Å². The van der Waals surface area contributed by atoms with E-state index in [-0.39, 0.29) is 11.8 Å². The van der Waals surface area contributed by atoms with E-state index in [1.807, 2.05) is 0 Å². The van der Waals surface area contributed by atoms with Crippen LogP contribution in [0.4, 0.5) is 11.4 Å². The van der Waals surface area contributed by atoms with Crippen LogP contribution >= 0.6 is 23.2 Å². The van der Waals surface area contributed by atoms with Crippen LogP contribution in [-0.4, -0.2) is 32.6 Å². The van der Waals surface area contributed by atoms with Crippen molar-refractivity contribution in [3.8, 4) is 11.5 Å². The van der Waals surface area contributed by atoms with Gasteiger partial charge in [0.2, 0.25) is 5.91 Å². The van der Waals surface area contributed by atoms with Crippen LogP contribution in [0.15, 0.2) is 30.3 Å². The molecular formula is C19H18Cl2N2O4. The molecule has 8 heteroatoms. The maximum absolute atomic E-state index is 12.7. The average molecular weight is 409 g/mol. The number of nitrogens with zero attached hydrogens (tertiary/aromatic N) is 1. The Labute approximate surface area is 167 Å². The summed E-state index contributed by atoms with van der Waals surface area (Å²) in [5, 5.41) is 3.53. The Balaban J connectivity index is 1.89. The molecule has 0 aliphatic carbocycles. The molecule has 1 aliphatic heterocycles. The fourth-order valence-electron chi connectivity index (χ4n) is 2.92. The van der Waals surface area contributed by atoms with E-state index >= 15 is 0 Å². The Morgan fingerprint density at radius 2 is 1.81 bits per heavy atom. The number of hydrogen-bond donors (Lipinski definition) is 1. The molecule has 0 unspecified atom stereocenters. The predicted molar refractivity (Wildman–Crippen MR) is 106 cm³/mol. The van der Waals surface area contributed by atoms with E-state index in [1.165, 1.54) is 14.2 Å². The Morgan fingerprint density at radius 3 is 2.44 bits per heavy atom.